The molecule has 18 heavy (non-hydrogen) atoms. The summed E-state index contributed by atoms with van der Waals surface area (Å²) in [6, 6.07) is 1.80. The molecule has 0 bridgehead atoms. The van der Waals surface area contributed by atoms with Crippen LogP contribution in [0.25, 0.3) is 0 Å². The molecule has 0 aromatic heterocycles. The van der Waals surface area contributed by atoms with Crippen molar-refractivity contribution in [1.29, 1.82) is 5.26 Å². The van der Waals surface area contributed by atoms with Crippen molar-refractivity contribution in [2.45, 2.75) is 59.4 Å². The van der Waals surface area contributed by atoms with E-state index in [4.69, 9.17) is 5.26 Å². The highest BCUT2D eigenvalue weighted by Crippen LogP contribution is 2.40. The number of rotatable bonds is 2. The molecule has 1 aliphatic carbocycles. The first-order valence-electron chi connectivity index (χ1n) is 6.93. The van der Waals surface area contributed by atoms with Crippen LogP contribution in [0.5, 0.6) is 0 Å². The smallest absolute Gasteiger partial charge is 0.226 e. The minimum atomic E-state index is -0.321. The van der Waals surface area contributed by atoms with Gasteiger partial charge in [0.2, 0.25) is 5.91 Å². The van der Waals surface area contributed by atoms with Gasteiger partial charge in [-0.15, -0.1) is 0 Å². The van der Waals surface area contributed by atoms with Crippen molar-refractivity contribution in [3.05, 3.63) is 0 Å². The maximum atomic E-state index is 12.2. The zero-order chi connectivity index (χ0) is 13.9. The van der Waals surface area contributed by atoms with Crippen molar-refractivity contribution in [2.75, 3.05) is 7.05 Å². The molecule has 0 aromatic rings. The molecule has 0 aliphatic heterocycles. The van der Waals surface area contributed by atoms with Gasteiger partial charge in [-0.25, -0.2) is 0 Å². The fraction of sp³-hybridized carbons (Fsp3) is 0.867. The van der Waals surface area contributed by atoms with Crippen LogP contribution in [0.15, 0.2) is 0 Å². The molecule has 3 heteroatoms. The molecule has 1 unspecified atom stereocenters. The molecule has 3 nitrogen and oxygen atoms in total. The summed E-state index contributed by atoms with van der Waals surface area (Å²) in [7, 11) is 1.74. The summed E-state index contributed by atoms with van der Waals surface area (Å²) in [5.74, 6) is 1.00. The Balaban J connectivity index is 2.54. The van der Waals surface area contributed by atoms with Gasteiger partial charge in [0.1, 0.15) is 6.04 Å². The Labute approximate surface area is 111 Å². The number of nitrogens with zero attached hydrogens (tertiary/aromatic N) is 2. The third-order valence-corrected chi connectivity index (χ3v) is 4.42. The van der Waals surface area contributed by atoms with Crippen LogP contribution in [0.1, 0.15) is 53.4 Å². The van der Waals surface area contributed by atoms with Gasteiger partial charge in [-0.3, -0.25) is 4.79 Å². The van der Waals surface area contributed by atoms with E-state index in [1.807, 2.05) is 0 Å². The summed E-state index contributed by atoms with van der Waals surface area (Å²) in [5, 5.41) is 8.86. The van der Waals surface area contributed by atoms with Crippen molar-refractivity contribution in [3.8, 4) is 6.07 Å². The highest BCUT2D eigenvalue weighted by Gasteiger charge is 2.34. The topological polar surface area (TPSA) is 44.1 Å². The third kappa shape index (κ3) is 3.48. The molecule has 0 saturated heterocycles. The van der Waals surface area contributed by atoms with E-state index in [-0.39, 0.29) is 17.9 Å². The first-order chi connectivity index (χ1) is 8.27. The average Bonchev–Trinajstić information content (AvgIpc) is 2.35. The second-order valence-corrected chi connectivity index (χ2v) is 6.67. The first kappa shape index (κ1) is 15.0. The Bertz CT molecular complexity index is 329. The van der Waals surface area contributed by atoms with Crippen molar-refractivity contribution >= 4 is 5.91 Å². The van der Waals surface area contributed by atoms with E-state index in [2.05, 4.69) is 26.8 Å². The minimum absolute atomic E-state index is 0.129. The molecular weight excluding hydrogens is 224 g/mol. The van der Waals surface area contributed by atoms with E-state index in [1.54, 1.807) is 18.9 Å². The molecule has 0 aromatic carbocycles. The lowest BCUT2D eigenvalue weighted by Gasteiger charge is -2.37. The second kappa shape index (κ2) is 5.73. The number of carbonyl (C=O) groups excluding carboxylic acids is 1. The Morgan fingerprint density at radius 3 is 2.17 bits per heavy atom. The van der Waals surface area contributed by atoms with E-state index in [9.17, 15) is 4.79 Å². The predicted molar refractivity (Wildman–Crippen MR) is 72.7 cm³/mol. The Morgan fingerprint density at radius 2 is 1.78 bits per heavy atom. The number of amides is 1. The average molecular weight is 250 g/mol. The molecule has 0 spiro atoms. The number of carbonyl (C=O) groups is 1. The van der Waals surface area contributed by atoms with Crippen LogP contribution in [0.2, 0.25) is 0 Å². The first-order valence-corrected chi connectivity index (χ1v) is 6.93. The molecule has 1 saturated carbocycles. The summed E-state index contributed by atoms with van der Waals surface area (Å²) in [6.45, 7) is 8.62. The molecule has 0 radical (unpaired) electrons. The van der Waals surface area contributed by atoms with Gasteiger partial charge in [0, 0.05) is 13.0 Å². The van der Waals surface area contributed by atoms with Crippen LogP contribution < -0.4 is 0 Å². The molecule has 0 N–H and O–H groups in total. The standard InChI is InChI=1S/C15H26N2O/c1-11(10-16)17(5)14(18)12-6-8-13(9-7-12)15(2,3)4/h11-13H,6-9H2,1-5H3. The maximum absolute atomic E-state index is 12.2. The van der Waals surface area contributed by atoms with Crippen molar-refractivity contribution in [3.63, 3.8) is 0 Å². The van der Waals surface area contributed by atoms with Gasteiger partial charge in [0.05, 0.1) is 6.07 Å². The van der Waals surface area contributed by atoms with Gasteiger partial charge in [-0.2, -0.15) is 5.26 Å². The van der Waals surface area contributed by atoms with Crippen LogP contribution in [-0.2, 0) is 4.79 Å². The van der Waals surface area contributed by atoms with Crippen LogP contribution >= 0.6 is 0 Å². The third-order valence-electron chi connectivity index (χ3n) is 4.42. The van der Waals surface area contributed by atoms with Crippen LogP contribution in [0.4, 0.5) is 0 Å². The fourth-order valence-electron chi connectivity index (χ4n) is 2.77. The fourth-order valence-corrected chi connectivity index (χ4v) is 2.77. The molecule has 1 aliphatic rings. The highest BCUT2D eigenvalue weighted by molar-refractivity contribution is 5.79. The van der Waals surface area contributed by atoms with Gasteiger partial charge < -0.3 is 4.90 Å². The summed E-state index contributed by atoms with van der Waals surface area (Å²) in [4.78, 5) is 13.8. The van der Waals surface area contributed by atoms with E-state index in [0.29, 0.717) is 5.41 Å². The second-order valence-electron chi connectivity index (χ2n) is 6.67. The van der Waals surface area contributed by atoms with Crippen LogP contribution in [-0.4, -0.2) is 23.9 Å². The molecular formula is C15H26N2O. The SMILES string of the molecule is CC(C#N)N(C)C(=O)C1CCC(C(C)(C)C)CC1. The summed E-state index contributed by atoms with van der Waals surface area (Å²) in [6.07, 6.45) is 4.22. The van der Waals surface area contributed by atoms with Crippen LogP contribution in [0.3, 0.4) is 0 Å². The number of nitriles is 1. The molecule has 1 amide bonds. The van der Waals surface area contributed by atoms with Gasteiger partial charge >= 0.3 is 0 Å². The largest absolute Gasteiger partial charge is 0.330 e. The van der Waals surface area contributed by atoms with Gasteiger partial charge in [-0.1, -0.05) is 20.8 Å². The number of hydrogen-bond donors (Lipinski definition) is 0. The molecule has 0 heterocycles. The lowest BCUT2D eigenvalue weighted by atomic mass is 9.69. The Morgan fingerprint density at radius 1 is 1.28 bits per heavy atom. The summed E-state index contributed by atoms with van der Waals surface area (Å²) >= 11 is 0. The summed E-state index contributed by atoms with van der Waals surface area (Å²) in [5.41, 5.74) is 0.347. The molecule has 1 fully saturated rings. The Kier molecular flexibility index (Phi) is 4.78. The molecule has 1 rings (SSSR count). The summed E-state index contributed by atoms with van der Waals surface area (Å²) < 4.78 is 0. The zero-order valence-electron chi connectivity index (χ0n) is 12.4. The van der Waals surface area contributed by atoms with Gasteiger partial charge in [-0.05, 0) is 43.9 Å². The lowest BCUT2D eigenvalue weighted by molar-refractivity contribution is -0.136. The minimum Gasteiger partial charge on any atom is -0.330 e. The van der Waals surface area contributed by atoms with Gasteiger partial charge in [0.15, 0.2) is 0 Å². The highest BCUT2D eigenvalue weighted by atomic mass is 16.2. The monoisotopic (exact) mass is 250 g/mol. The quantitative estimate of drug-likeness (QED) is 0.755. The van der Waals surface area contributed by atoms with E-state index in [0.717, 1.165) is 31.6 Å². The van der Waals surface area contributed by atoms with E-state index >= 15 is 0 Å². The number of hydrogen-bond acceptors (Lipinski definition) is 2. The molecule has 1 atom stereocenters. The van der Waals surface area contributed by atoms with E-state index < -0.39 is 0 Å². The lowest BCUT2D eigenvalue weighted by Crippen LogP contribution is -2.40. The van der Waals surface area contributed by atoms with E-state index in [1.165, 1.54) is 0 Å². The van der Waals surface area contributed by atoms with Crippen molar-refractivity contribution in [2.24, 2.45) is 17.3 Å². The van der Waals surface area contributed by atoms with Gasteiger partial charge in [0.25, 0.3) is 0 Å². The predicted octanol–water partition coefficient (Wildman–Crippen LogP) is 3.21. The van der Waals surface area contributed by atoms with Crippen molar-refractivity contribution < 1.29 is 4.79 Å². The van der Waals surface area contributed by atoms with Crippen LogP contribution in [0, 0.1) is 28.6 Å². The Hall–Kier alpha value is -1.04. The molecule has 102 valence electrons. The normalized spacial score (nSPS) is 26.2. The van der Waals surface area contributed by atoms with Crippen molar-refractivity contribution in [1.82, 2.24) is 4.90 Å². The zero-order valence-corrected chi connectivity index (χ0v) is 12.4. The maximum Gasteiger partial charge on any atom is 0.226 e.